The molecule has 3 aromatic rings. The number of carboxylic acid groups (broad SMARTS) is 1. The van der Waals surface area contributed by atoms with Gasteiger partial charge in [0.05, 0.1) is 23.7 Å². The fraction of sp³-hybridized carbons (Fsp3) is 0.238. The lowest BCUT2D eigenvalue weighted by molar-refractivity contribution is -0.144. The Morgan fingerprint density at radius 2 is 2.09 bits per heavy atom. The summed E-state index contributed by atoms with van der Waals surface area (Å²) < 4.78 is 13.4. The van der Waals surface area contributed by atoms with Gasteiger partial charge in [-0.25, -0.2) is 9.78 Å². The molecule has 0 aliphatic rings. The van der Waals surface area contributed by atoms with Gasteiger partial charge in [0, 0.05) is 14.5 Å². The molecule has 0 spiro atoms. The first-order valence-electron chi connectivity index (χ1n) is 9.41. The number of aromatic nitrogens is 2. The number of fused-ring (bicyclic) bond motifs is 1. The van der Waals surface area contributed by atoms with Crippen LogP contribution in [0.1, 0.15) is 25.2 Å². The van der Waals surface area contributed by atoms with Crippen LogP contribution in [0, 0.1) is 6.92 Å². The van der Waals surface area contributed by atoms with E-state index in [-0.39, 0.29) is 22.1 Å². The van der Waals surface area contributed by atoms with Crippen molar-refractivity contribution in [3.8, 4) is 11.5 Å². The lowest BCUT2D eigenvalue weighted by atomic mass is 10.2. The van der Waals surface area contributed by atoms with Crippen LogP contribution in [0.4, 0.5) is 0 Å². The number of halogens is 3. The van der Waals surface area contributed by atoms with Crippen LogP contribution in [0.5, 0.6) is 11.5 Å². The topological polar surface area (TPSA) is 103 Å². The predicted molar refractivity (Wildman–Crippen MR) is 129 cm³/mol. The van der Waals surface area contributed by atoms with Crippen molar-refractivity contribution in [3.05, 3.63) is 60.0 Å². The van der Waals surface area contributed by atoms with Crippen molar-refractivity contribution in [1.29, 1.82) is 0 Å². The van der Waals surface area contributed by atoms with Gasteiger partial charge in [-0.1, -0.05) is 27.5 Å². The zero-order valence-electron chi connectivity index (χ0n) is 17.2. The third kappa shape index (κ3) is 4.97. The molecular formula is C21H18Br2ClN3O5. The van der Waals surface area contributed by atoms with Crippen molar-refractivity contribution in [1.82, 2.24) is 9.66 Å². The van der Waals surface area contributed by atoms with Gasteiger partial charge in [-0.2, -0.15) is 9.78 Å². The van der Waals surface area contributed by atoms with Crippen molar-refractivity contribution >= 4 is 66.5 Å². The molecule has 168 valence electrons. The monoisotopic (exact) mass is 585 g/mol. The molecule has 11 heteroatoms. The number of hydrogen-bond donors (Lipinski definition) is 1. The minimum atomic E-state index is -1.14. The van der Waals surface area contributed by atoms with Crippen LogP contribution < -0.4 is 15.0 Å². The number of benzene rings is 2. The number of carboxylic acids is 1. The molecule has 0 aliphatic carbocycles. The first-order valence-corrected chi connectivity index (χ1v) is 11.4. The van der Waals surface area contributed by atoms with Gasteiger partial charge < -0.3 is 14.6 Å². The summed E-state index contributed by atoms with van der Waals surface area (Å²) in [4.78, 5) is 28.6. The van der Waals surface area contributed by atoms with Crippen LogP contribution >= 0.6 is 43.5 Å². The Labute approximate surface area is 205 Å². The molecule has 0 saturated carbocycles. The largest absolute Gasteiger partial charge is 0.490 e. The maximum absolute atomic E-state index is 12.9. The van der Waals surface area contributed by atoms with Gasteiger partial charge in [-0.15, -0.1) is 0 Å². The minimum absolute atomic E-state index is 0.0954. The van der Waals surface area contributed by atoms with Gasteiger partial charge in [0.25, 0.3) is 5.56 Å². The molecule has 0 radical (unpaired) electrons. The third-order valence-electron chi connectivity index (χ3n) is 4.38. The number of carbonyl (C=O) groups is 1. The molecule has 1 heterocycles. The highest BCUT2D eigenvalue weighted by Gasteiger charge is 2.22. The second kappa shape index (κ2) is 10.0. The van der Waals surface area contributed by atoms with E-state index in [1.54, 1.807) is 32.0 Å². The average Bonchev–Trinajstić information content (AvgIpc) is 2.74. The molecule has 1 aromatic heterocycles. The maximum Gasteiger partial charge on any atom is 0.344 e. The molecule has 0 unspecified atom stereocenters. The van der Waals surface area contributed by atoms with Crippen molar-refractivity contribution in [2.75, 3.05) is 6.61 Å². The summed E-state index contributed by atoms with van der Waals surface area (Å²) in [5.74, 6) is -0.392. The number of ether oxygens (including phenoxy) is 2. The number of hydrogen-bond acceptors (Lipinski definition) is 6. The molecule has 0 amide bonds. The average molecular weight is 588 g/mol. The van der Waals surface area contributed by atoms with Crippen LogP contribution in [0.3, 0.4) is 0 Å². The van der Waals surface area contributed by atoms with Gasteiger partial charge in [0.1, 0.15) is 10.8 Å². The highest BCUT2D eigenvalue weighted by Crippen LogP contribution is 2.42. The normalized spacial score (nSPS) is 12.3. The summed E-state index contributed by atoms with van der Waals surface area (Å²) in [5, 5.41) is 14.0. The molecular weight excluding hydrogens is 570 g/mol. The maximum atomic E-state index is 12.9. The Kier molecular flexibility index (Phi) is 7.58. The van der Waals surface area contributed by atoms with Crippen molar-refractivity contribution in [2.24, 2.45) is 5.10 Å². The van der Waals surface area contributed by atoms with Crippen molar-refractivity contribution < 1.29 is 19.4 Å². The molecule has 0 saturated heterocycles. The number of rotatable bonds is 7. The van der Waals surface area contributed by atoms with Gasteiger partial charge in [-0.3, -0.25) is 4.79 Å². The van der Waals surface area contributed by atoms with Gasteiger partial charge in [-0.05, 0) is 61.0 Å². The Hall–Kier alpha value is -2.43. The Balaban J connectivity index is 2.09. The van der Waals surface area contributed by atoms with E-state index < -0.39 is 12.1 Å². The van der Waals surface area contributed by atoms with Gasteiger partial charge in [0.2, 0.25) is 0 Å². The Morgan fingerprint density at radius 1 is 1.38 bits per heavy atom. The molecule has 32 heavy (non-hydrogen) atoms. The molecule has 1 N–H and O–H groups in total. The van der Waals surface area contributed by atoms with E-state index in [4.69, 9.17) is 26.2 Å². The molecule has 1 atom stereocenters. The SMILES string of the molecule is CCOc1cc(C=Nn2c(C)nc3ccc(Br)cc3c2=O)c(Br)c(Cl)c1O[C@@H](C)C(=O)O. The number of nitrogens with zero attached hydrogens (tertiary/aromatic N) is 3. The molecule has 0 aliphatic heterocycles. The second-order valence-corrected chi connectivity index (χ2v) is 8.72. The van der Waals surface area contributed by atoms with Crippen LogP contribution in [0.2, 0.25) is 5.02 Å². The van der Waals surface area contributed by atoms with Crippen molar-refractivity contribution in [2.45, 2.75) is 26.9 Å². The van der Waals surface area contributed by atoms with E-state index in [1.165, 1.54) is 17.8 Å². The molecule has 3 rings (SSSR count). The standard InChI is InChI=1S/C21H18Br2ClN3O5/c1-4-31-16-7-12(17(23)18(24)19(16)32-10(2)21(29)30)9-25-27-11(3)26-15-6-5-13(22)8-14(15)20(27)28/h5-10H,4H2,1-3H3,(H,29,30)/t10-/m0/s1. The van der Waals surface area contributed by atoms with Crippen LogP contribution in [-0.4, -0.2) is 39.7 Å². The summed E-state index contributed by atoms with van der Waals surface area (Å²) in [5.41, 5.74) is 0.737. The zero-order valence-corrected chi connectivity index (χ0v) is 21.2. The smallest absolute Gasteiger partial charge is 0.344 e. The van der Waals surface area contributed by atoms with Crippen LogP contribution in [0.15, 0.2) is 43.1 Å². The van der Waals surface area contributed by atoms with Gasteiger partial charge >= 0.3 is 5.97 Å². The van der Waals surface area contributed by atoms with Crippen molar-refractivity contribution in [3.63, 3.8) is 0 Å². The number of aliphatic carboxylic acids is 1. The third-order valence-corrected chi connectivity index (χ3v) is 6.32. The van der Waals surface area contributed by atoms with Crippen LogP contribution in [0.25, 0.3) is 10.9 Å². The van der Waals surface area contributed by atoms with Gasteiger partial charge in [0.15, 0.2) is 17.6 Å². The van der Waals surface area contributed by atoms with E-state index in [9.17, 15) is 9.59 Å². The lowest BCUT2D eigenvalue weighted by Gasteiger charge is -2.18. The first kappa shape index (κ1) is 24.2. The first-order chi connectivity index (χ1) is 15.1. The highest BCUT2D eigenvalue weighted by atomic mass is 79.9. The fourth-order valence-electron chi connectivity index (χ4n) is 2.81. The summed E-state index contributed by atoms with van der Waals surface area (Å²) >= 11 is 13.2. The summed E-state index contributed by atoms with van der Waals surface area (Å²) in [6.45, 7) is 5.14. The lowest BCUT2D eigenvalue weighted by Crippen LogP contribution is -2.23. The molecule has 0 bridgehead atoms. The Morgan fingerprint density at radius 3 is 2.75 bits per heavy atom. The molecule has 2 aromatic carbocycles. The van der Waals surface area contributed by atoms with E-state index in [2.05, 4.69) is 41.9 Å². The van der Waals surface area contributed by atoms with E-state index >= 15 is 0 Å². The summed E-state index contributed by atoms with van der Waals surface area (Å²) in [7, 11) is 0. The minimum Gasteiger partial charge on any atom is -0.490 e. The summed E-state index contributed by atoms with van der Waals surface area (Å²) in [6, 6.07) is 6.85. The fourth-order valence-corrected chi connectivity index (χ4v) is 3.82. The second-order valence-electron chi connectivity index (χ2n) is 6.63. The quantitative estimate of drug-likeness (QED) is 0.390. The molecule has 0 fully saturated rings. The van der Waals surface area contributed by atoms with E-state index in [1.807, 2.05) is 6.07 Å². The predicted octanol–water partition coefficient (Wildman–Crippen LogP) is 5.02. The zero-order chi connectivity index (χ0) is 23.6. The van der Waals surface area contributed by atoms with Crippen LogP contribution in [-0.2, 0) is 4.79 Å². The Bertz CT molecular complexity index is 1290. The highest BCUT2D eigenvalue weighted by molar-refractivity contribution is 9.10. The van der Waals surface area contributed by atoms with E-state index in [0.29, 0.717) is 33.4 Å². The van der Waals surface area contributed by atoms with E-state index in [0.717, 1.165) is 4.47 Å². The molecule has 8 nitrogen and oxygen atoms in total. The number of aryl methyl sites for hydroxylation is 1. The summed E-state index contributed by atoms with van der Waals surface area (Å²) in [6.07, 6.45) is 0.297.